The number of pyridine rings is 1. The van der Waals surface area contributed by atoms with Gasteiger partial charge >= 0.3 is 12.8 Å². The third-order valence-corrected chi connectivity index (χ3v) is 7.63. The number of para-hydroxylation sites is 1. The number of halogens is 8. The minimum Gasteiger partial charge on any atom is -0.494 e. The number of hydrogen-bond donors (Lipinski definition) is 0. The fraction of sp³-hybridized carbons (Fsp3) is 0.310. The molecule has 1 atom stereocenters. The molecule has 0 fully saturated rings. The molecule has 0 saturated carbocycles. The molecule has 8 nitrogen and oxygen atoms in total. The number of methoxy groups -OCH3 is 1. The fourth-order valence-corrected chi connectivity index (χ4v) is 5.04. The first-order valence-electron chi connectivity index (χ1n) is 12.7. The van der Waals surface area contributed by atoms with Crippen LogP contribution in [0.2, 0.25) is 0 Å². The summed E-state index contributed by atoms with van der Waals surface area (Å²) in [7, 11) is 2.51. The smallest absolute Gasteiger partial charge is 0.403 e. The van der Waals surface area contributed by atoms with Gasteiger partial charge in [-0.1, -0.05) is 6.07 Å². The van der Waals surface area contributed by atoms with E-state index in [1.807, 2.05) is 0 Å². The Kier molecular flexibility index (Phi) is 10.2. The van der Waals surface area contributed by atoms with E-state index in [-0.39, 0.29) is 42.5 Å². The summed E-state index contributed by atoms with van der Waals surface area (Å²) in [6.07, 6.45) is -2.83. The maximum Gasteiger partial charge on any atom is 0.403 e. The molecule has 1 heterocycles. The van der Waals surface area contributed by atoms with Crippen LogP contribution in [0.15, 0.2) is 59.3 Å². The average molecular weight is 708 g/mol. The quantitative estimate of drug-likeness (QED) is 0.216. The van der Waals surface area contributed by atoms with E-state index in [0.29, 0.717) is 11.0 Å². The van der Waals surface area contributed by atoms with Crippen molar-refractivity contribution in [3.8, 4) is 11.5 Å². The zero-order valence-corrected chi connectivity index (χ0v) is 25.8. The molecule has 242 valence electrons. The number of carbonyl (C=O) groups is 3. The number of nitrogens with zero attached hydrogens (tertiary/aromatic N) is 3. The van der Waals surface area contributed by atoms with Crippen LogP contribution in [0.4, 0.5) is 42.1 Å². The van der Waals surface area contributed by atoms with E-state index in [9.17, 15) is 45.1 Å². The minimum atomic E-state index is -5.59. The first-order chi connectivity index (χ1) is 20.8. The number of amides is 3. The number of ether oxygens (including phenoxy) is 2. The molecule has 0 spiro atoms. The van der Waals surface area contributed by atoms with Crippen molar-refractivity contribution in [3.63, 3.8) is 0 Å². The summed E-state index contributed by atoms with van der Waals surface area (Å²) >= 11 is 2.87. The summed E-state index contributed by atoms with van der Waals surface area (Å²) in [5, 5.41) is 0. The van der Waals surface area contributed by atoms with Gasteiger partial charge in [0.2, 0.25) is 5.91 Å². The number of carbonyl (C=O) groups excluding carboxylic acids is 3. The van der Waals surface area contributed by atoms with Crippen LogP contribution in [0.25, 0.3) is 0 Å². The highest BCUT2D eigenvalue weighted by molar-refractivity contribution is 9.10. The van der Waals surface area contributed by atoms with Gasteiger partial charge in [-0.2, -0.15) is 22.0 Å². The maximum atomic E-state index is 14.5. The van der Waals surface area contributed by atoms with E-state index in [0.717, 1.165) is 18.9 Å². The van der Waals surface area contributed by atoms with Gasteiger partial charge in [0.25, 0.3) is 17.7 Å². The van der Waals surface area contributed by atoms with Crippen molar-refractivity contribution < 1.29 is 54.6 Å². The minimum absolute atomic E-state index is 0.0110. The second kappa shape index (κ2) is 13.0. The van der Waals surface area contributed by atoms with E-state index in [1.54, 1.807) is 0 Å². The fourth-order valence-electron chi connectivity index (χ4n) is 4.42. The molecule has 2 aromatic carbocycles. The van der Waals surface area contributed by atoms with Gasteiger partial charge in [0.15, 0.2) is 16.9 Å². The number of hydrogen-bond acceptors (Lipinski definition) is 6. The lowest BCUT2D eigenvalue weighted by atomic mass is 9.76. The van der Waals surface area contributed by atoms with Crippen LogP contribution >= 0.6 is 15.9 Å². The third-order valence-electron chi connectivity index (χ3n) is 7.03. The third kappa shape index (κ3) is 6.74. The summed E-state index contributed by atoms with van der Waals surface area (Å²) in [5.74, 6) is -8.79. The molecule has 0 radical (unpaired) electrons. The van der Waals surface area contributed by atoms with Crippen molar-refractivity contribution in [1.29, 1.82) is 0 Å². The molecule has 3 rings (SSSR count). The lowest BCUT2D eigenvalue weighted by Gasteiger charge is -2.38. The molecule has 0 aliphatic carbocycles. The molecule has 0 bridgehead atoms. The van der Waals surface area contributed by atoms with Gasteiger partial charge < -0.3 is 14.4 Å². The second-order valence-electron chi connectivity index (χ2n) is 9.81. The number of anilines is 2. The molecule has 0 aliphatic rings. The number of aromatic nitrogens is 1. The Labute approximate surface area is 260 Å². The molecule has 1 unspecified atom stereocenters. The number of imide groups is 1. The van der Waals surface area contributed by atoms with Crippen molar-refractivity contribution in [2.24, 2.45) is 0 Å². The highest BCUT2D eigenvalue weighted by atomic mass is 79.9. The van der Waals surface area contributed by atoms with Gasteiger partial charge in [-0.3, -0.25) is 19.4 Å². The molecule has 16 heteroatoms. The summed E-state index contributed by atoms with van der Waals surface area (Å²) in [6, 6.07) is 7.59. The van der Waals surface area contributed by atoms with Gasteiger partial charge in [0.1, 0.15) is 5.69 Å². The standard InChI is InChI=1S/C29H25BrF7N3O5/c1-15(41)40(22-19(30)13-17(14-21(22)45-26(31)32)27(2,28(3,33)34)29(35,36)37)25(43)18-7-6-8-20(23(18)44-5)39(4)24(42)16-9-11-38-12-10-16/h6-14,26H,1-5H3. The maximum absolute atomic E-state index is 14.5. The van der Waals surface area contributed by atoms with Gasteiger partial charge in [-0.25, -0.2) is 13.7 Å². The largest absolute Gasteiger partial charge is 0.494 e. The first-order valence-corrected chi connectivity index (χ1v) is 13.5. The van der Waals surface area contributed by atoms with E-state index >= 15 is 0 Å². The Hall–Kier alpha value is -4.21. The predicted octanol–water partition coefficient (Wildman–Crippen LogP) is 7.40. The zero-order chi connectivity index (χ0) is 34.1. The van der Waals surface area contributed by atoms with E-state index in [4.69, 9.17) is 4.74 Å². The van der Waals surface area contributed by atoms with Gasteiger partial charge in [0.05, 0.1) is 18.4 Å². The van der Waals surface area contributed by atoms with E-state index in [1.165, 1.54) is 49.8 Å². The lowest BCUT2D eigenvalue weighted by Crippen LogP contribution is -2.52. The van der Waals surface area contributed by atoms with E-state index < -0.39 is 63.3 Å². The Morgan fingerprint density at radius 3 is 2.04 bits per heavy atom. The molecule has 45 heavy (non-hydrogen) atoms. The molecule has 3 aromatic rings. The molecule has 3 amide bonds. The molecule has 1 aromatic heterocycles. The molecule has 0 saturated heterocycles. The Balaban J connectivity index is 2.25. The monoisotopic (exact) mass is 707 g/mol. The van der Waals surface area contributed by atoms with Crippen LogP contribution in [0.1, 0.15) is 47.1 Å². The van der Waals surface area contributed by atoms with Crippen LogP contribution in [0.5, 0.6) is 11.5 Å². The highest BCUT2D eigenvalue weighted by Crippen LogP contribution is 2.53. The number of alkyl halides is 7. The molecule has 0 aliphatic heterocycles. The van der Waals surface area contributed by atoms with Gasteiger partial charge in [-0.15, -0.1) is 0 Å². The summed E-state index contributed by atoms with van der Waals surface area (Å²) < 4.78 is 107. The predicted molar refractivity (Wildman–Crippen MR) is 152 cm³/mol. The molecular weight excluding hydrogens is 683 g/mol. The normalized spacial score (nSPS) is 13.2. The summed E-state index contributed by atoms with van der Waals surface area (Å²) in [6.45, 7) is -2.68. The van der Waals surface area contributed by atoms with Crippen LogP contribution < -0.4 is 19.3 Å². The van der Waals surface area contributed by atoms with Crippen molar-refractivity contribution in [1.82, 2.24) is 4.98 Å². The lowest BCUT2D eigenvalue weighted by molar-refractivity contribution is -0.248. The van der Waals surface area contributed by atoms with Crippen LogP contribution in [0, 0.1) is 0 Å². The number of benzene rings is 2. The van der Waals surface area contributed by atoms with Crippen molar-refractivity contribution >= 4 is 45.0 Å². The zero-order valence-electron chi connectivity index (χ0n) is 24.2. The first kappa shape index (κ1) is 35.3. The Morgan fingerprint density at radius 1 is 0.956 bits per heavy atom. The SMILES string of the molecule is COc1c(C(=O)N(C(C)=O)c2c(Br)cc(C(C)(C(C)(F)F)C(F)(F)F)cc2OC(F)F)cccc1N(C)C(=O)c1ccncc1. The van der Waals surface area contributed by atoms with Crippen LogP contribution in [-0.2, 0) is 10.2 Å². The van der Waals surface area contributed by atoms with Crippen LogP contribution in [0.3, 0.4) is 0 Å². The Bertz CT molecular complexity index is 1580. The average Bonchev–Trinajstić information content (AvgIpc) is 2.95. The summed E-state index contributed by atoms with van der Waals surface area (Å²) in [5.41, 5.74) is -6.01. The van der Waals surface area contributed by atoms with Crippen LogP contribution in [-0.4, -0.2) is 55.6 Å². The van der Waals surface area contributed by atoms with Gasteiger partial charge in [0, 0.05) is 43.3 Å². The molecule has 0 N–H and O–H groups in total. The second-order valence-corrected chi connectivity index (χ2v) is 10.7. The number of rotatable bonds is 9. The van der Waals surface area contributed by atoms with Gasteiger partial charge in [-0.05, 0) is 64.8 Å². The van der Waals surface area contributed by atoms with Crippen molar-refractivity contribution in [3.05, 3.63) is 76.0 Å². The van der Waals surface area contributed by atoms with Crippen molar-refractivity contribution in [2.45, 2.75) is 44.9 Å². The molecular formula is C29H25BrF7N3O5. The summed E-state index contributed by atoms with van der Waals surface area (Å²) in [4.78, 5) is 45.1. The van der Waals surface area contributed by atoms with E-state index in [2.05, 4.69) is 25.7 Å². The van der Waals surface area contributed by atoms with Crippen molar-refractivity contribution in [2.75, 3.05) is 24.0 Å². The Morgan fingerprint density at radius 2 is 1.56 bits per heavy atom. The topological polar surface area (TPSA) is 89.0 Å². The highest BCUT2D eigenvalue weighted by Gasteiger charge is 2.65.